The number of aromatic amines is 1. The lowest BCUT2D eigenvalue weighted by Gasteiger charge is -2.28. The molecule has 2 aliphatic rings. The van der Waals surface area contributed by atoms with E-state index in [0.717, 1.165) is 36.5 Å². The first-order valence-corrected chi connectivity index (χ1v) is 10.1. The zero-order chi connectivity index (χ0) is 21.3. The minimum atomic E-state index is -1.12. The van der Waals surface area contributed by atoms with Gasteiger partial charge in [-0.2, -0.15) is 0 Å². The number of anilines is 2. The number of aromatic nitrogens is 1. The fourth-order valence-electron chi connectivity index (χ4n) is 4.05. The van der Waals surface area contributed by atoms with Crippen LogP contribution in [0.2, 0.25) is 0 Å². The first-order valence-electron chi connectivity index (χ1n) is 10.1. The molecule has 0 unspecified atom stereocenters. The Bertz CT molecular complexity index is 1020. The number of nitrogens with one attached hydrogen (secondary N) is 2. The number of piperidine rings is 1. The van der Waals surface area contributed by atoms with E-state index in [1.165, 1.54) is 6.42 Å². The first-order chi connectivity index (χ1) is 14.4. The Morgan fingerprint density at radius 1 is 1.03 bits per heavy atom. The maximum atomic E-state index is 12.7. The molecule has 3 heterocycles. The summed E-state index contributed by atoms with van der Waals surface area (Å²) in [5.41, 5.74) is 1.19. The van der Waals surface area contributed by atoms with E-state index in [2.05, 4.69) is 15.2 Å². The lowest BCUT2D eigenvalue weighted by atomic mass is 10.0. The number of carboxylic acid groups (broad SMARTS) is 1. The number of amides is 2. The molecular weight excluding hydrogens is 388 g/mol. The topological polar surface area (TPSA) is 126 Å². The SMILES string of the molecule is O=C(Nc1ccc(N2CCCCC2)cc1)c1c(O)c2c([nH]c1=O)CCN(C(=O)O)C2. The van der Waals surface area contributed by atoms with Gasteiger partial charge in [-0.3, -0.25) is 9.59 Å². The number of carbonyl (C=O) groups excluding carboxylic acids is 1. The summed E-state index contributed by atoms with van der Waals surface area (Å²) in [7, 11) is 0. The van der Waals surface area contributed by atoms with Crippen LogP contribution in [0, 0.1) is 0 Å². The van der Waals surface area contributed by atoms with Gasteiger partial charge in [0.25, 0.3) is 11.5 Å². The Morgan fingerprint density at radius 3 is 2.40 bits per heavy atom. The lowest BCUT2D eigenvalue weighted by Crippen LogP contribution is -2.37. The number of fused-ring (bicyclic) bond motifs is 1. The number of carbonyl (C=O) groups is 2. The van der Waals surface area contributed by atoms with Gasteiger partial charge in [-0.25, -0.2) is 4.79 Å². The van der Waals surface area contributed by atoms with Crippen LogP contribution in [0.4, 0.5) is 16.2 Å². The summed E-state index contributed by atoms with van der Waals surface area (Å²) in [6.07, 6.45) is 2.72. The van der Waals surface area contributed by atoms with Crippen molar-refractivity contribution in [2.24, 2.45) is 0 Å². The standard InChI is InChI=1S/C21H24N4O5/c26-18-15-12-25(21(29)30)11-8-16(15)23-20(28)17(18)19(27)22-13-4-6-14(7-5-13)24-9-2-1-3-10-24/h4-7H,1-3,8-12H2,(H,22,27)(H,29,30)(H2,23,26,28). The molecule has 0 bridgehead atoms. The second kappa shape index (κ2) is 8.10. The van der Waals surface area contributed by atoms with Crippen LogP contribution in [0.1, 0.15) is 40.9 Å². The Labute approximate surface area is 172 Å². The summed E-state index contributed by atoms with van der Waals surface area (Å²) in [6, 6.07) is 7.36. The molecule has 0 aliphatic carbocycles. The summed E-state index contributed by atoms with van der Waals surface area (Å²) in [6.45, 7) is 2.15. The predicted octanol–water partition coefficient (Wildman–Crippen LogP) is 2.36. The number of benzene rings is 1. The highest BCUT2D eigenvalue weighted by atomic mass is 16.4. The van der Waals surface area contributed by atoms with Crippen molar-refractivity contribution >= 4 is 23.4 Å². The van der Waals surface area contributed by atoms with E-state index in [4.69, 9.17) is 0 Å². The van der Waals surface area contributed by atoms with E-state index in [-0.39, 0.29) is 25.1 Å². The summed E-state index contributed by atoms with van der Waals surface area (Å²) in [5, 5.41) is 22.4. The van der Waals surface area contributed by atoms with Crippen LogP contribution in [0.3, 0.4) is 0 Å². The molecule has 0 radical (unpaired) electrons. The van der Waals surface area contributed by atoms with E-state index in [0.29, 0.717) is 11.4 Å². The number of H-pyrrole nitrogens is 1. The number of hydrogen-bond donors (Lipinski definition) is 4. The van der Waals surface area contributed by atoms with Gasteiger partial charge < -0.3 is 30.3 Å². The van der Waals surface area contributed by atoms with Gasteiger partial charge in [0, 0.05) is 48.7 Å². The van der Waals surface area contributed by atoms with Crippen LogP contribution in [0.25, 0.3) is 0 Å². The Balaban J connectivity index is 1.54. The van der Waals surface area contributed by atoms with Gasteiger partial charge in [-0.05, 0) is 43.5 Å². The number of pyridine rings is 1. The van der Waals surface area contributed by atoms with E-state index in [1.54, 1.807) is 12.1 Å². The second-order valence-corrected chi connectivity index (χ2v) is 7.64. The van der Waals surface area contributed by atoms with E-state index < -0.39 is 28.9 Å². The zero-order valence-corrected chi connectivity index (χ0v) is 16.5. The third-order valence-electron chi connectivity index (χ3n) is 5.70. The van der Waals surface area contributed by atoms with Crippen LogP contribution in [-0.2, 0) is 13.0 Å². The van der Waals surface area contributed by atoms with Crippen molar-refractivity contribution in [3.05, 3.63) is 51.4 Å². The summed E-state index contributed by atoms with van der Waals surface area (Å²) in [5.74, 6) is -1.21. The maximum Gasteiger partial charge on any atom is 0.407 e. The molecule has 0 saturated carbocycles. The Hall–Kier alpha value is -3.49. The van der Waals surface area contributed by atoms with Crippen LogP contribution in [0.5, 0.6) is 5.75 Å². The van der Waals surface area contributed by atoms with Gasteiger partial charge >= 0.3 is 6.09 Å². The third-order valence-corrected chi connectivity index (χ3v) is 5.70. The molecule has 2 amide bonds. The van der Waals surface area contributed by atoms with Gasteiger partial charge in [-0.15, -0.1) is 0 Å². The average molecular weight is 412 g/mol. The van der Waals surface area contributed by atoms with Gasteiger partial charge in [0.15, 0.2) is 0 Å². The van der Waals surface area contributed by atoms with Gasteiger partial charge in [-0.1, -0.05) is 0 Å². The molecule has 158 valence electrons. The fraction of sp³-hybridized carbons (Fsp3) is 0.381. The molecular formula is C21H24N4O5. The maximum absolute atomic E-state index is 12.7. The summed E-state index contributed by atoms with van der Waals surface area (Å²) < 4.78 is 0. The van der Waals surface area contributed by atoms with E-state index >= 15 is 0 Å². The minimum Gasteiger partial charge on any atom is -0.506 e. The molecule has 2 aliphatic heterocycles. The Morgan fingerprint density at radius 2 is 1.73 bits per heavy atom. The molecule has 1 aromatic heterocycles. The molecule has 4 N–H and O–H groups in total. The van der Waals surface area contributed by atoms with Gasteiger partial charge in [0.05, 0.1) is 6.54 Å². The van der Waals surface area contributed by atoms with Crippen LogP contribution in [0.15, 0.2) is 29.1 Å². The van der Waals surface area contributed by atoms with Crippen LogP contribution in [-0.4, -0.2) is 51.7 Å². The predicted molar refractivity (Wildman–Crippen MR) is 111 cm³/mol. The number of hydrogen-bond acceptors (Lipinski definition) is 5. The number of rotatable bonds is 3. The van der Waals surface area contributed by atoms with Crippen LogP contribution < -0.4 is 15.8 Å². The van der Waals surface area contributed by atoms with Crippen molar-refractivity contribution in [3.8, 4) is 5.75 Å². The fourth-order valence-corrected chi connectivity index (χ4v) is 4.05. The van der Waals surface area contributed by atoms with Crippen molar-refractivity contribution < 1.29 is 19.8 Å². The molecule has 2 aromatic rings. The van der Waals surface area contributed by atoms with Crippen molar-refractivity contribution in [1.29, 1.82) is 0 Å². The molecule has 0 atom stereocenters. The highest BCUT2D eigenvalue weighted by Crippen LogP contribution is 2.28. The molecule has 1 fully saturated rings. The third kappa shape index (κ3) is 3.83. The quantitative estimate of drug-likeness (QED) is 0.613. The molecule has 1 aromatic carbocycles. The second-order valence-electron chi connectivity index (χ2n) is 7.64. The summed E-state index contributed by atoms with van der Waals surface area (Å²) in [4.78, 5) is 42.4. The van der Waals surface area contributed by atoms with Crippen molar-refractivity contribution in [2.75, 3.05) is 29.9 Å². The zero-order valence-electron chi connectivity index (χ0n) is 16.5. The van der Waals surface area contributed by atoms with Crippen molar-refractivity contribution in [2.45, 2.75) is 32.2 Å². The van der Waals surface area contributed by atoms with E-state index in [1.807, 2.05) is 12.1 Å². The molecule has 9 heteroatoms. The highest BCUT2D eigenvalue weighted by molar-refractivity contribution is 6.06. The molecule has 4 rings (SSSR count). The van der Waals surface area contributed by atoms with Crippen LogP contribution >= 0.6 is 0 Å². The molecule has 0 spiro atoms. The average Bonchev–Trinajstić information content (AvgIpc) is 2.74. The smallest absolute Gasteiger partial charge is 0.407 e. The van der Waals surface area contributed by atoms with Crippen molar-refractivity contribution in [3.63, 3.8) is 0 Å². The first kappa shape index (κ1) is 19.8. The largest absolute Gasteiger partial charge is 0.506 e. The van der Waals surface area contributed by atoms with Gasteiger partial charge in [0.2, 0.25) is 0 Å². The lowest BCUT2D eigenvalue weighted by molar-refractivity contribution is 0.102. The van der Waals surface area contributed by atoms with Crippen molar-refractivity contribution in [1.82, 2.24) is 9.88 Å². The normalized spacial score (nSPS) is 16.1. The molecule has 9 nitrogen and oxygen atoms in total. The van der Waals surface area contributed by atoms with E-state index in [9.17, 15) is 24.6 Å². The molecule has 30 heavy (non-hydrogen) atoms. The number of aromatic hydroxyl groups is 1. The number of nitrogens with zero attached hydrogens (tertiary/aromatic N) is 2. The highest BCUT2D eigenvalue weighted by Gasteiger charge is 2.28. The minimum absolute atomic E-state index is 0.0852. The summed E-state index contributed by atoms with van der Waals surface area (Å²) >= 11 is 0. The van der Waals surface area contributed by atoms with Gasteiger partial charge in [0.1, 0.15) is 11.3 Å². The molecule has 1 saturated heterocycles. The Kier molecular flexibility index (Phi) is 5.35. The monoisotopic (exact) mass is 412 g/mol.